The molecule has 110 valence electrons. The Hall–Kier alpha value is -2.02. The molecule has 1 fully saturated rings. The topological polar surface area (TPSA) is 83.8 Å². The fourth-order valence-corrected chi connectivity index (χ4v) is 3.48. The van der Waals surface area contributed by atoms with Crippen LogP contribution >= 0.6 is 12.2 Å². The van der Waals surface area contributed by atoms with Gasteiger partial charge in [-0.25, -0.2) is 4.68 Å². The van der Waals surface area contributed by atoms with Crippen LogP contribution in [0.15, 0.2) is 24.3 Å². The zero-order valence-electron chi connectivity index (χ0n) is 11.6. The minimum absolute atomic E-state index is 0.280. The third-order valence-corrected chi connectivity index (χ3v) is 4.89. The first kappa shape index (κ1) is 13.9. The Morgan fingerprint density at radius 3 is 2.95 bits per heavy atom. The molecule has 1 heterocycles. The summed E-state index contributed by atoms with van der Waals surface area (Å²) in [6, 6.07) is 7.79. The lowest BCUT2D eigenvalue weighted by Gasteiger charge is -2.47. The highest BCUT2D eigenvalue weighted by Gasteiger charge is 2.50. The summed E-state index contributed by atoms with van der Waals surface area (Å²) in [7, 11) is 0. The van der Waals surface area contributed by atoms with Gasteiger partial charge in [0, 0.05) is 5.41 Å². The predicted molar refractivity (Wildman–Crippen MR) is 78.9 cm³/mol. The van der Waals surface area contributed by atoms with Gasteiger partial charge >= 0.3 is 5.97 Å². The zero-order valence-corrected chi connectivity index (χ0v) is 12.4. The van der Waals surface area contributed by atoms with Crippen LogP contribution < -0.4 is 0 Å². The van der Waals surface area contributed by atoms with E-state index in [9.17, 15) is 9.90 Å². The van der Waals surface area contributed by atoms with Crippen LogP contribution in [0.25, 0.3) is 5.69 Å². The van der Waals surface area contributed by atoms with Gasteiger partial charge in [-0.15, -0.1) is 0 Å². The Morgan fingerprint density at radius 2 is 2.43 bits per heavy atom. The second kappa shape index (κ2) is 5.07. The van der Waals surface area contributed by atoms with Gasteiger partial charge in [-0.3, -0.25) is 4.79 Å². The number of hydrogen-bond acceptors (Lipinski definition) is 4. The molecule has 0 saturated heterocycles. The number of hydrogen-bond donors (Lipinski definition) is 2. The van der Waals surface area contributed by atoms with Gasteiger partial charge in [0.15, 0.2) is 0 Å². The molecule has 1 saturated carbocycles. The summed E-state index contributed by atoms with van der Waals surface area (Å²) in [4.78, 5) is 11.4. The first-order valence-electron chi connectivity index (χ1n) is 6.92. The maximum atomic E-state index is 11.4. The number of carbonyl (C=O) groups is 1. The van der Waals surface area contributed by atoms with Gasteiger partial charge in [-0.1, -0.05) is 29.4 Å². The van der Waals surface area contributed by atoms with Crippen LogP contribution in [-0.2, 0) is 10.2 Å². The number of aromatic nitrogens is 4. The van der Waals surface area contributed by atoms with Crippen molar-refractivity contribution in [3.05, 3.63) is 34.6 Å². The highest BCUT2D eigenvalue weighted by molar-refractivity contribution is 7.71. The van der Waals surface area contributed by atoms with Crippen molar-refractivity contribution < 1.29 is 9.90 Å². The van der Waals surface area contributed by atoms with Gasteiger partial charge in [0.1, 0.15) is 0 Å². The Bertz CT molecular complexity index is 734. The molecule has 1 aliphatic carbocycles. The molecule has 0 spiro atoms. The number of aromatic amines is 1. The standard InChI is InChI=1S/C14H16N4O2S/c1-2-14(7-6-11(14)12(19)20)9-4-3-5-10(8-9)18-13(21)15-16-17-18/h3-5,8,11H,2,6-7H2,1H3,(H,19,20)(H,15,17,21). The molecule has 7 heteroatoms. The molecule has 2 N–H and O–H groups in total. The predicted octanol–water partition coefficient (Wildman–Crippen LogP) is 2.47. The number of tetrazole rings is 1. The fraction of sp³-hybridized carbons (Fsp3) is 0.429. The molecule has 2 aromatic rings. The average Bonchev–Trinajstić information content (AvgIpc) is 2.85. The zero-order chi connectivity index (χ0) is 15.0. The molecule has 0 aliphatic heterocycles. The minimum Gasteiger partial charge on any atom is -0.481 e. The van der Waals surface area contributed by atoms with Crippen molar-refractivity contribution in [2.24, 2.45) is 5.92 Å². The smallest absolute Gasteiger partial charge is 0.307 e. The van der Waals surface area contributed by atoms with Gasteiger partial charge in [0.2, 0.25) is 4.77 Å². The average molecular weight is 304 g/mol. The lowest BCUT2D eigenvalue weighted by Crippen LogP contribution is -2.48. The van der Waals surface area contributed by atoms with Crippen molar-refractivity contribution in [2.45, 2.75) is 31.6 Å². The van der Waals surface area contributed by atoms with E-state index < -0.39 is 5.97 Å². The van der Waals surface area contributed by atoms with Crippen molar-refractivity contribution in [2.75, 3.05) is 0 Å². The molecular formula is C14H16N4O2S. The monoisotopic (exact) mass is 304 g/mol. The van der Waals surface area contributed by atoms with Gasteiger partial charge in [-0.2, -0.15) is 5.21 Å². The largest absolute Gasteiger partial charge is 0.481 e. The van der Waals surface area contributed by atoms with Crippen LogP contribution in [0.2, 0.25) is 0 Å². The maximum absolute atomic E-state index is 11.4. The molecule has 21 heavy (non-hydrogen) atoms. The first-order valence-corrected chi connectivity index (χ1v) is 7.33. The van der Waals surface area contributed by atoms with E-state index in [1.165, 1.54) is 0 Å². The van der Waals surface area contributed by atoms with Gasteiger partial charge < -0.3 is 5.11 Å². The lowest BCUT2D eigenvalue weighted by molar-refractivity contribution is -0.149. The van der Waals surface area contributed by atoms with E-state index >= 15 is 0 Å². The summed E-state index contributed by atoms with van der Waals surface area (Å²) in [5.41, 5.74) is 1.58. The fourth-order valence-electron chi connectivity index (χ4n) is 3.29. The molecule has 1 aromatic heterocycles. The number of carboxylic acids is 1. The maximum Gasteiger partial charge on any atom is 0.307 e. The van der Waals surface area contributed by atoms with Crippen LogP contribution in [0.5, 0.6) is 0 Å². The molecule has 0 radical (unpaired) electrons. The lowest BCUT2D eigenvalue weighted by atomic mass is 9.55. The summed E-state index contributed by atoms with van der Waals surface area (Å²) in [5.74, 6) is -1.03. The van der Waals surface area contributed by atoms with Crippen LogP contribution in [0.3, 0.4) is 0 Å². The highest BCUT2D eigenvalue weighted by atomic mass is 32.1. The van der Waals surface area contributed by atoms with E-state index in [4.69, 9.17) is 12.2 Å². The summed E-state index contributed by atoms with van der Waals surface area (Å²) in [6.45, 7) is 2.05. The number of H-pyrrole nitrogens is 1. The van der Waals surface area contributed by atoms with Crippen molar-refractivity contribution in [1.29, 1.82) is 0 Å². The van der Waals surface area contributed by atoms with Gasteiger partial charge in [-0.05, 0) is 49.2 Å². The molecule has 2 atom stereocenters. The van der Waals surface area contributed by atoms with Crippen LogP contribution in [0, 0.1) is 10.7 Å². The second-order valence-corrected chi connectivity index (χ2v) is 5.77. The van der Waals surface area contributed by atoms with E-state index in [0.29, 0.717) is 4.77 Å². The van der Waals surface area contributed by atoms with E-state index in [2.05, 4.69) is 15.5 Å². The summed E-state index contributed by atoms with van der Waals surface area (Å²) in [6.07, 6.45) is 2.44. The van der Waals surface area contributed by atoms with Crippen LogP contribution in [0.4, 0.5) is 0 Å². The SMILES string of the molecule is CCC1(c2cccc(-n3[nH]nnc3=S)c2)CCC1C(=O)O. The highest BCUT2D eigenvalue weighted by Crippen LogP contribution is 2.51. The van der Waals surface area contributed by atoms with Crippen LogP contribution in [0.1, 0.15) is 31.7 Å². The van der Waals surface area contributed by atoms with Crippen molar-refractivity contribution in [3.8, 4) is 5.69 Å². The summed E-state index contributed by atoms with van der Waals surface area (Å²) < 4.78 is 1.96. The molecule has 3 rings (SSSR count). The molecule has 0 amide bonds. The Balaban J connectivity index is 2.06. The molecule has 2 unspecified atom stereocenters. The quantitative estimate of drug-likeness (QED) is 0.848. The van der Waals surface area contributed by atoms with Crippen molar-refractivity contribution >= 4 is 18.2 Å². The molecule has 6 nitrogen and oxygen atoms in total. The molecule has 1 aliphatic rings. The van der Waals surface area contributed by atoms with E-state index in [-0.39, 0.29) is 11.3 Å². The van der Waals surface area contributed by atoms with Gasteiger partial charge in [0.05, 0.1) is 11.6 Å². The number of nitrogens with one attached hydrogen (secondary N) is 1. The number of carboxylic acid groups (broad SMARTS) is 1. The summed E-state index contributed by atoms with van der Waals surface area (Å²) >= 11 is 5.10. The number of nitrogens with zero attached hydrogens (tertiary/aromatic N) is 3. The second-order valence-electron chi connectivity index (χ2n) is 5.41. The number of aliphatic carboxylic acids is 1. The normalized spacial score (nSPS) is 24.5. The van der Waals surface area contributed by atoms with E-state index in [1.54, 1.807) is 4.68 Å². The van der Waals surface area contributed by atoms with E-state index in [0.717, 1.165) is 30.5 Å². The number of rotatable bonds is 4. The van der Waals surface area contributed by atoms with Crippen molar-refractivity contribution in [3.63, 3.8) is 0 Å². The van der Waals surface area contributed by atoms with E-state index in [1.807, 2.05) is 31.2 Å². The Kier molecular flexibility index (Phi) is 3.36. The third-order valence-electron chi connectivity index (χ3n) is 4.63. The summed E-state index contributed by atoms with van der Waals surface area (Å²) in [5, 5.41) is 19.6. The molecule has 1 aromatic carbocycles. The minimum atomic E-state index is -0.715. The number of benzene rings is 1. The Labute approximate surface area is 126 Å². The van der Waals surface area contributed by atoms with Crippen LogP contribution in [-0.4, -0.2) is 31.3 Å². The third kappa shape index (κ3) is 2.08. The first-order chi connectivity index (χ1) is 10.1. The molecular weight excluding hydrogens is 288 g/mol. The molecule has 0 bridgehead atoms. The van der Waals surface area contributed by atoms with Crippen molar-refractivity contribution in [1.82, 2.24) is 20.2 Å². The van der Waals surface area contributed by atoms with Gasteiger partial charge in [0.25, 0.3) is 0 Å². The Morgan fingerprint density at radius 1 is 1.62 bits per heavy atom.